The maximum atomic E-state index is 12.5. The zero-order valence-corrected chi connectivity index (χ0v) is 12.8. The van der Waals surface area contributed by atoms with Gasteiger partial charge in [-0.3, -0.25) is 9.69 Å². The standard InChI is InChI=1S/C16H23N3O3/c20-16(15-1-6-17-22-15)19-8-3-13-14(19)2-7-18(13)11-12-4-9-21-10-5-12/h1,6,12-14H,2-5,7-11H2/t13-,14-/m1/s1. The van der Waals surface area contributed by atoms with E-state index in [2.05, 4.69) is 10.1 Å². The minimum atomic E-state index is -0.00193. The van der Waals surface area contributed by atoms with Gasteiger partial charge in [-0.15, -0.1) is 0 Å². The molecule has 0 spiro atoms. The molecule has 0 unspecified atom stereocenters. The quantitative estimate of drug-likeness (QED) is 0.844. The lowest BCUT2D eigenvalue weighted by Gasteiger charge is -2.30. The number of amides is 1. The van der Waals surface area contributed by atoms with E-state index in [4.69, 9.17) is 9.26 Å². The summed E-state index contributed by atoms with van der Waals surface area (Å²) in [6.07, 6.45) is 6.04. The Kier molecular flexibility index (Phi) is 3.88. The third-order valence-corrected chi connectivity index (χ3v) is 5.43. The number of nitrogens with zero attached hydrogens (tertiary/aromatic N) is 3. The minimum Gasteiger partial charge on any atom is -0.381 e. The molecule has 3 saturated heterocycles. The summed E-state index contributed by atoms with van der Waals surface area (Å²) in [5.41, 5.74) is 0. The average molecular weight is 305 g/mol. The lowest BCUT2D eigenvalue weighted by Crippen LogP contribution is -2.41. The van der Waals surface area contributed by atoms with Crippen molar-refractivity contribution in [2.24, 2.45) is 5.92 Å². The molecule has 0 aromatic carbocycles. The fourth-order valence-corrected chi connectivity index (χ4v) is 4.28. The van der Waals surface area contributed by atoms with Crippen LogP contribution >= 0.6 is 0 Å². The van der Waals surface area contributed by atoms with E-state index in [9.17, 15) is 4.79 Å². The number of rotatable bonds is 3. The predicted molar refractivity (Wildman–Crippen MR) is 79.5 cm³/mol. The van der Waals surface area contributed by atoms with E-state index >= 15 is 0 Å². The zero-order valence-electron chi connectivity index (χ0n) is 12.8. The fourth-order valence-electron chi connectivity index (χ4n) is 4.28. The molecule has 0 N–H and O–H groups in total. The molecule has 22 heavy (non-hydrogen) atoms. The van der Waals surface area contributed by atoms with E-state index in [-0.39, 0.29) is 5.91 Å². The van der Waals surface area contributed by atoms with Crippen molar-refractivity contribution in [3.63, 3.8) is 0 Å². The molecule has 0 bridgehead atoms. The predicted octanol–water partition coefficient (Wildman–Crippen LogP) is 1.39. The monoisotopic (exact) mass is 305 g/mol. The van der Waals surface area contributed by atoms with Crippen LogP contribution in [0.5, 0.6) is 0 Å². The van der Waals surface area contributed by atoms with Crippen molar-refractivity contribution in [3.8, 4) is 0 Å². The first-order valence-electron chi connectivity index (χ1n) is 8.36. The van der Waals surface area contributed by atoms with E-state index in [1.165, 1.54) is 19.0 Å². The van der Waals surface area contributed by atoms with Gasteiger partial charge in [-0.2, -0.15) is 0 Å². The molecule has 1 amide bonds. The molecule has 1 aromatic heterocycles. The van der Waals surface area contributed by atoms with Crippen LogP contribution in [-0.2, 0) is 4.74 Å². The third-order valence-electron chi connectivity index (χ3n) is 5.43. The second-order valence-corrected chi connectivity index (χ2v) is 6.64. The lowest BCUT2D eigenvalue weighted by molar-refractivity contribution is 0.0501. The highest BCUT2D eigenvalue weighted by Gasteiger charge is 2.45. The van der Waals surface area contributed by atoms with Gasteiger partial charge in [0.15, 0.2) is 0 Å². The van der Waals surface area contributed by atoms with Crippen molar-refractivity contribution in [1.29, 1.82) is 0 Å². The van der Waals surface area contributed by atoms with E-state index in [1.54, 1.807) is 6.07 Å². The smallest absolute Gasteiger partial charge is 0.292 e. The number of carbonyl (C=O) groups is 1. The van der Waals surface area contributed by atoms with Gasteiger partial charge >= 0.3 is 0 Å². The maximum absolute atomic E-state index is 12.5. The number of aromatic nitrogens is 1. The molecule has 0 aliphatic carbocycles. The molecule has 120 valence electrons. The Balaban J connectivity index is 1.39. The summed E-state index contributed by atoms with van der Waals surface area (Å²) < 4.78 is 10.5. The van der Waals surface area contributed by atoms with Crippen LogP contribution in [-0.4, -0.2) is 65.8 Å². The highest BCUT2D eigenvalue weighted by molar-refractivity contribution is 5.91. The van der Waals surface area contributed by atoms with Crippen molar-refractivity contribution in [1.82, 2.24) is 15.0 Å². The molecule has 3 fully saturated rings. The van der Waals surface area contributed by atoms with Crippen LogP contribution in [0.25, 0.3) is 0 Å². The van der Waals surface area contributed by atoms with Gasteiger partial charge in [0.05, 0.1) is 6.20 Å². The van der Waals surface area contributed by atoms with E-state index in [0.717, 1.165) is 51.6 Å². The Labute approximate surface area is 130 Å². The van der Waals surface area contributed by atoms with Crippen molar-refractivity contribution in [2.75, 3.05) is 32.8 Å². The van der Waals surface area contributed by atoms with Gasteiger partial charge in [-0.25, -0.2) is 0 Å². The van der Waals surface area contributed by atoms with Crippen molar-refractivity contribution in [2.45, 2.75) is 37.8 Å². The van der Waals surface area contributed by atoms with Gasteiger partial charge in [0.2, 0.25) is 5.76 Å². The number of likely N-dealkylation sites (tertiary alicyclic amines) is 2. The lowest BCUT2D eigenvalue weighted by atomic mass is 9.99. The topological polar surface area (TPSA) is 58.8 Å². The Morgan fingerprint density at radius 1 is 1.18 bits per heavy atom. The number of ether oxygens (including phenoxy) is 1. The van der Waals surface area contributed by atoms with E-state index in [0.29, 0.717) is 17.8 Å². The fraction of sp³-hybridized carbons (Fsp3) is 0.750. The summed E-state index contributed by atoms with van der Waals surface area (Å²) in [4.78, 5) is 17.1. The van der Waals surface area contributed by atoms with Gasteiger partial charge in [0.25, 0.3) is 5.91 Å². The molecule has 1 aromatic rings. The highest BCUT2D eigenvalue weighted by Crippen LogP contribution is 2.34. The first-order chi connectivity index (χ1) is 10.8. The second kappa shape index (κ2) is 6.01. The highest BCUT2D eigenvalue weighted by atomic mass is 16.5. The Hall–Kier alpha value is -1.40. The average Bonchev–Trinajstić information content (AvgIpc) is 3.26. The van der Waals surface area contributed by atoms with Gasteiger partial charge in [0.1, 0.15) is 0 Å². The van der Waals surface area contributed by atoms with Gasteiger partial charge in [-0.1, -0.05) is 5.16 Å². The van der Waals surface area contributed by atoms with Crippen LogP contribution in [0.1, 0.15) is 36.2 Å². The Bertz CT molecular complexity index is 513. The third kappa shape index (κ3) is 2.54. The summed E-state index contributed by atoms with van der Waals surface area (Å²) in [7, 11) is 0. The molecule has 0 saturated carbocycles. The zero-order chi connectivity index (χ0) is 14.9. The van der Waals surface area contributed by atoms with Crippen LogP contribution in [0.15, 0.2) is 16.8 Å². The molecule has 2 atom stereocenters. The number of hydrogen-bond donors (Lipinski definition) is 0. The molecule has 4 heterocycles. The van der Waals surface area contributed by atoms with Crippen molar-refractivity contribution < 1.29 is 14.1 Å². The van der Waals surface area contributed by atoms with Crippen LogP contribution in [0.2, 0.25) is 0 Å². The summed E-state index contributed by atoms with van der Waals surface area (Å²) >= 11 is 0. The summed E-state index contributed by atoms with van der Waals surface area (Å²) in [6.45, 7) is 4.91. The number of carbonyl (C=O) groups excluding carboxylic acids is 1. The Morgan fingerprint density at radius 3 is 2.77 bits per heavy atom. The molecule has 0 radical (unpaired) electrons. The molecular weight excluding hydrogens is 282 g/mol. The largest absolute Gasteiger partial charge is 0.381 e. The first-order valence-corrected chi connectivity index (χ1v) is 8.36. The summed E-state index contributed by atoms with van der Waals surface area (Å²) in [6, 6.07) is 2.52. The van der Waals surface area contributed by atoms with E-state index in [1.807, 2.05) is 4.90 Å². The molecule has 6 nitrogen and oxygen atoms in total. The van der Waals surface area contributed by atoms with E-state index < -0.39 is 0 Å². The van der Waals surface area contributed by atoms with Crippen molar-refractivity contribution >= 4 is 5.91 Å². The van der Waals surface area contributed by atoms with Crippen LogP contribution in [0.3, 0.4) is 0 Å². The number of hydrogen-bond acceptors (Lipinski definition) is 5. The van der Waals surface area contributed by atoms with Gasteiger partial charge in [0, 0.05) is 51.0 Å². The maximum Gasteiger partial charge on any atom is 0.292 e. The van der Waals surface area contributed by atoms with Gasteiger partial charge in [-0.05, 0) is 31.6 Å². The Morgan fingerprint density at radius 2 is 2.00 bits per heavy atom. The molecular formula is C16H23N3O3. The minimum absolute atomic E-state index is 0.00193. The normalized spacial score (nSPS) is 29.9. The summed E-state index contributed by atoms with van der Waals surface area (Å²) in [5, 5.41) is 3.65. The first kappa shape index (κ1) is 14.2. The second-order valence-electron chi connectivity index (χ2n) is 6.64. The van der Waals surface area contributed by atoms with Gasteiger partial charge < -0.3 is 14.2 Å². The number of fused-ring (bicyclic) bond motifs is 1. The molecule has 6 heteroatoms. The molecule has 4 rings (SSSR count). The molecule has 3 aliphatic rings. The SMILES string of the molecule is O=C(c1ccno1)N1CC[C@@H]2[C@H]1CCN2CC1CCOCC1. The van der Waals surface area contributed by atoms with Crippen LogP contribution in [0.4, 0.5) is 0 Å². The summed E-state index contributed by atoms with van der Waals surface area (Å²) in [5.74, 6) is 1.12. The van der Waals surface area contributed by atoms with Crippen LogP contribution < -0.4 is 0 Å². The molecule has 3 aliphatic heterocycles. The van der Waals surface area contributed by atoms with Crippen molar-refractivity contribution in [3.05, 3.63) is 18.0 Å². The van der Waals surface area contributed by atoms with Crippen LogP contribution in [0, 0.1) is 5.92 Å².